The maximum atomic E-state index is 13.9. The smallest absolute Gasteiger partial charge is 0.232 e. The van der Waals surface area contributed by atoms with Gasteiger partial charge in [-0.15, -0.1) is 0 Å². The van der Waals surface area contributed by atoms with Gasteiger partial charge in [0.2, 0.25) is 5.78 Å². The summed E-state index contributed by atoms with van der Waals surface area (Å²) in [7, 11) is 0. The predicted molar refractivity (Wildman–Crippen MR) is 106 cm³/mol. The molecule has 0 amide bonds. The van der Waals surface area contributed by atoms with E-state index in [0.29, 0.717) is 28.2 Å². The van der Waals surface area contributed by atoms with Crippen molar-refractivity contribution in [2.75, 3.05) is 0 Å². The minimum atomic E-state index is -0.440. The van der Waals surface area contributed by atoms with Gasteiger partial charge >= 0.3 is 0 Å². The van der Waals surface area contributed by atoms with E-state index in [-0.39, 0.29) is 28.7 Å². The van der Waals surface area contributed by atoms with E-state index in [2.05, 4.69) is 0 Å². The molecule has 29 heavy (non-hydrogen) atoms. The van der Waals surface area contributed by atoms with Crippen molar-refractivity contribution in [3.05, 3.63) is 99.3 Å². The Hall–Kier alpha value is -3.18. The molecule has 0 aliphatic carbocycles. The topological polar surface area (TPSA) is 35.5 Å². The molecule has 0 atom stereocenters. The molecule has 0 saturated heterocycles. The summed E-state index contributed by atoms with van der Waals surface area (Å²) >= 11 is 6.02. The number of Topliss-reactive ketones (excluding diaryl/α,β-unsaturated/α-hetero) is 1. The zero-order chi connectivity index (χ0) is 20.5. The van der Waals surface area contributed by atoms with Crippen molar-refractivity contribution in [2.45, 2.75) is 13.5 Å². The summed E-state index contributed by atoms with van der Waals surface area (Å²) in [6, 6.07) is 13.5. The van der Waals surface area contributed by atoms with Gasteiger partial charge in [-0.25, -0.2) is 8.78 Å². The van der Waals surface area contributed by atoms with Crippen LogP contribution in [0.4, 0.5) is 8.78 Å². The normalized spacial score (nSPS) is 14.1. The first-order chi connectivity index (χ1) is 13.9. The van der Waals surface area contributed by atoms with Gasteiger partial charge in [-0.3, -0.25) is 4.79 Å². The van der Waals surface area contributed by atoms with Crippen molar-refractivity contribution in [2.24, 2.45) is 0 Å². The zero-order valence-electron chi connectivity index (χ0n) is 15.3. The largest absolute Gasteiger partial charge is 0.489 e. The van der Waals surface area contributed by atoms with E-state index >= 15 is 0 Å². The minimum Gasteiger partial charge on any atom is -0.489 e. The molecule has 0 saturated carbocycles. The molecule has 6 heteroatoms. The lowest BCUT2D eigenvalue weighted by Crippen LogP contribution is -2.00. The first-order valence-corrected chi connectivity index (χ1v) is 9.20. The van der Waals surface area contributed by atoms with Gasteiger partial charge in [-0.05, 0) is 42.8 Å². The third-order valence-electron chi connectivity index (χ3n) is 4.54. The van der Waals surface area contributed by atoms with E-state index in [4.69, 9.17) is 21.1 Å². The molecule has 1 aliphatic heterocycles. The monoisotopic (exact) mass is 412 g/mol. The maximum Gasteiger partial charge on any atom is 0.232 e. The van der Waals surface area contributed by atoms with Gasteiger partial charge in [0.1, 0.15) is 29.7 Å². The molecule has 0 spiro atoms. The highest BCUT2D eigenvalue weighted by molar-refractivity contribution is 6.31. The van der Waals surface area contributed by atoms with E-state index < -0.39 is 11.6 Å². The number of ether oxygens (including phenoxy) is 2. The van der Waals surface area contributed by atoms with Gasteiger partial charge in [0.15, 0.2) is 5.76 Å². The van der Waals surface area contributed by atoms with Crippen molar-refractivity contribution < 1.29 is 23.0 Å². The van der Waals surface area contributed by atoms with Crippen LogP contribution in [0.25, 0.3) is 6.08 Å². The Labute approximate surface area is 171 Å². The molecular weight excluding hydrogens is 398 g/mol. The summed E-state index contributed by atoms with van der Waals surface area (Å²) in [4.78, 5) is 12.7. The van der Waals surface area contributed by atoms with Crippen molar-refractivity contribution in [3.8, 4) is 11.5 Å². The second kappa shape index (κ2) is 7.68. The average Bonchev–Trinajstić information content (AvgIpc) is 2.99. The number of aryl methyl sites for hydroxylation is 1. The van der Waals surface area contributed by atoms with E-state index in [0.717, 1.165) is 0 Å². The molecule has 0 unspecified atom stereocenters. The Balaban J connectivity index is 1.58. The highest BCUT2D eigenvalue weighted by Crippen LogP contribution is 2.38. The Morgan fingerprint density at radius 1 is 1.10 bits per heavy atom. The summed E-state index contributed by atoms with van der Waals surface area (Å²) < 4.78 is 38.5. The number of benzene rings is 3. The molecule has 0 bridgehead atoms. The number of halogens is 3. The van der Waals surface area contributed by atoms with Crippen LogP contribution in [0.2, 0.25) is 5.02 Å². The number of fused-ring (bicyclic) bond motifs is 1. The Kier molecular flexibility index (Phi) is 5.07. The number of allylic oxidation sites excluding steroid dienone is 1. The second-order valence-electron chi connectivity index (χ2n) is 6.60. The molecule has 3 aromatic carbocycles. The van der Waals surface area contributed by atoms with Crippen LogP contribution in [0.3, 0.4) is 0 Å². The van der Waals surface area contributed by atoms with Gasteiger partial charge in [0.25, 0.3) is 0 Å². The van der Waals surface area contributed by atoms with Crippen molar-refractivity contribution in [3.63, 3.8) is 0 Å². The molecule has 4 rings (SSSR count). The van der Waals surface area contributed by atoms with E-state index in [9.17, 15) is 13.6 Å². The van der Waals surface area contributed by atoms with Crippen LogP contribution < -0.4 is 9.47 Å². The van der Waals surface area contributed by atoms with Crippen LogP contribution >= 0.6 is 11.6 Å². The lowest BCUT2D eigenvalue weighted by atomic mass is 10.0. The first kappa shape index (κ1) is 19.2. The van der Waals surface area contributed by atoms with Crippen molar-refractivity contribution >= 4 is 23.5 Å². The van der Waals surface area contributed by atoms with Crippen LogP contribution in [-0.2, 0) is 6.61 Å². The molecule has 146 valence electrons. The van der Waals surface area contributed by atoms with Crippen LogP contribution in [0.1, 0.15) is 27.0 Å². The highest BCUT2D eigenvalue weighted by atomic mass is 35.5. The summed E-state index contributed by atoms with van der Waals surface area (Å²) in [5.74, 6) is -0.308. The van der Waals surface area contributed by atoms with Crippen LogP contribution in [-0.4, -0.2) is 5.78 Å². The summed E-state index contributed by atoms with van der Waals surface area (Å²) in [5.41, 5.74) is 1.98. The Morgan fingerprint density at radius 3 is 2.66 bits per heavy atom. The Bertz CT molecular complexity index is 1150. The molecule has 0 aromatic heterocycles. The van der Waals surface area contributed by atoms with Gasteiger partial charge in [-0.1, -0.05) is 35.9 Å². The number of hydrogen-bond donors (Lipinski definition) is 0. The van der Waals surface area contributed by atoms with Gasteiger partial charge in [0.05, 0.1) is 10.6 Å². The van der Waals surface area contributed by atoms with Crippen molar-refractivity contribution in [1.29, 1.82) is 0 Å². The third-order valence-corrected chi connectivity index (χ3v) is 4.90. The standard InChI is InChI=1S/C23H15ClF2O3/c1-13-8-17(28-12-15-6-7-16(25)10-18(15)24)11-20-22(13)23(27)21(29-20)9-14-4-2-3-5-19(14)26/h2-11H,12H2,1H3/b21-9-. The molecule has 0 N–H and O–H groups in total. The van der Waals surface area contributed by atoms with E-state index in [1.807, 2.05) is 0 Å². The van der Waals surface area contributed by atoms with E-state index in [1.165, 1.54) is 24.3 Å². The summed E-state index contributed by atoms with van der Waals surface area (Å²) in [5, 5.41) is 0.268. The van der Waals surface area contributed by atoms with Crippen LogP contribution in [0.15, 0.2) is 60.4 Å². The fraction of sp³-hybridized carbons (Fsp3) is 0.0870. The lowest BCUT2D eigenvalue weighted by Gasteiger charge is -2.10. The minimum absolute atomic E-state index is 0.0481. The first-order valence-electron chi connectivity index (χ1n) is 8.82. The molecule has 3 nitrogen and oxygen atoms in total. The fourth-order valence-electron chi connectivity index (χ4n) is 3.09. The molecule has 3 aromatic rings. The number of carbonyl (C=O) groups excluding carboxylic acids is 1. The van der Waals surface area contributed by atoms with Crippen molar-refractivity contribution in [1.82, 2.24) is 0 Å². The number of ketones is 1. The second-order valence-corrected chi connectivity index (χ2v) is 7.01. The third kappa shape index (κ3) is 3.87. The van der Waals surface area contributed by atoms with Gasteiger partial charge < -0.3 is 9.47 Å². The molecule has 0 radical (unpaired) electrons. The molecular formula is C23H15ClF2O3. The number of carbonyl (C=O) groups is 1. The van der Waals surface area contributed by atoms with Crippen LogP contribution in [0.5, 0.6) is 11.5 Å². The Morgan fingerprint density at radius 2 is 1.90 bits per heavy atom. The van der Waals surface area contributed by atoms with E-state index in [1.54, 1.807) is 43.3 Å². The molecule has 1 heterocycles. The molecule has 1 aliphatic rings. The predicted octanol–water partition coefficient (Wildman–Crippen LogP) is 6.12. The lowest BCUT2D eigenvalue weighted by molar-refractivity contribution is 0.101. The average molecular weight is 413 g/mol. The van der Waals surface area contributed by atoms with Gasteiger partial charge in [-0.2, -0.15) is 0 Å². The number of rotatable bonds is 4. The fourth-order valence-corrected chi connectivity index (χ4v) is 3.32. The maximum absolute atomic E-state index is 13.9. The highest BCUT2D eigenvalue weighted by Gasteiger charge is 2.30. The number of hydrogen-bond acceptors (Lipinski definition) is 3. The van der Waals surface area contributed by atoms with Crippen LogP contribution in [0, 0.1) is 18.6 Å². The summed E-state index contributed by atoms with van der Waals surface area (Å²) in [6.07, 6.45) is 1.38. The zero-order valence-corrected chi connectivity index (χ0v) is 16.1. The molecule has 0 fully saturated rings. The summed E-state index contributed by atoms with van der Waals surface area (Å²) in [6.45, 7) is 1.90. The van der Waals surface area contributed by atoms with Gasteiger partial charge in [0, 0.05) is 17.2 Å². The SMILES string of the molecule is Cc1cc(OCc2ccc(F)cc2Cl)cc2c1C(=O)/C(=C/c1ccccc1F)O2. The quantitative estimate of drug-likeness (QED) is 0.484.